The van der Waals surface area contributed by atoms with Crippen LogP contribution in [0.25, 0.3) is 0 Å². The maximum atomic E-state index is 11.4. The first-order valence-corrected chi connectivity index (χ1v) is 6.25. The molecule has 0 radical (unpaired) electrons. The van der Waals surface area contributed by atoms with Crippen LogP contribution in [0.2, 0.25) is 0 Å². The molecule has 94 valence electrons. The summed E-state index contributed by atoms with van der Waals surface area (Å²) >= 11 is 0. The van der Waals surface area contributed by atoms with E-state index in [0.29, 0.717) is 11.7 Å². The van der Waals surface area contributed by atoms with Gasteiger partial charge in [-0.05, 0) is 32.1 Å². The second kappa shape index (κ2) is 5.82. The number of anilines is 1. The highest BCUT2D eigenvalue weighted by Crippen LogP contribution is 2.37. The fourth-order valence-electron chi connectivity index (χ4n) is 1.75. The van der Waals surface area contributed by atoms with Crippen molar-refractivity contribution in [3.63, 3.8) is 0 Å². The van der Waals surface area contributed by atoms with E-state index >= 15 is 0 Å². The van der Waals surface area contributed by atoms with Crippen molar-refractivity contribution in [3.8, 4) is 0 Å². The molecule has 1 aliphatic carbocycles. The van der Waals surface area contributed by atoms with Crippen molar-refractivity contribution in [2.75, 3.05) is 18.5 Å². The lowest BCUT2D eigenvalue weighted by atomic mass is 10.2. The van der Waals surface area contributed by atoms with E-state index in [4.69, 9.17) is 5.11 Å². The van der Waals surface area contributed by atoms with Gasteiger partial charge in [0.1, 0.15) is 11.6 Å². The largest absolute Gasteiger partial charge is 0.396 e. The van der Waals surface area contributed by atoms with E-state index in [0.717, 1.165) is 44.5 Å². The van der Waals surface area contributed by atoms with Crippen LogP contribution in [0.3, 0.4) is 0 Å². The van der Waals surface area contributed by atoms with Crippen molar-refractivity contribution in [2.24, 2.45) is 0 Å². The lowest BCUT2D eigenvalue weighted by Crippen LogP contribution is -2.13. The van der Waals surface area contributed by atoms with Crippen LogP contribution in [-0.4, -0.2) is 28.2 Å². The Morgan fingerprint density at radius 3 is 2.94 bits per heavy atom. The number of aromatic nitrogens is 2. The summed E-state index contributed by atoms with van der Waals surface area (Å²) in [6.45, 7) is 1.04. The van der Waals surface area contributed by atoms with Gasteiger partial charge in [-0.3, -0.25) is 4.79 Å². The first-order chi connectivity index (χ1) is 8.29. The minimum atomic E-state index is -0.0836. The molecule has 0 aliphatic heterocycles. The molecular weight excluding hydrogens is 218 g/mol. The third-order valence-electron chi connectivity index (χ3n) is 2.87. The predicted octanol–water partition coefficient (Wildman–Crippen LogP) is 1.22. The van der Waals surface area contributed by atoms with Crippen LogP contribution in [0, 0.1) is 0 Å². The molecule has 3 N–H and O–H groups in total. The van der Waals surface area contributed by atoms with E-state index in [2.05, 4.69) is 15.3 Å². The zero-order chi connectivity index (χ0) is 12.1. The summed E-state index contributed by atoms with van der Waals surface area (Å²) in [5, 5.41) is 11.8. The minimum absolute atomic E-state index is 0.0836. The number of aliphatic hydroxyl groups is 1. The molecule has 5 nitrogen and oxygen atoms in total. The monoisotopic (exact) mass is 237 g/mol. The first-order valence-electron chi connectivity index (χ1n) is 6.25. The van der Waals surface area contributed by atoms with E-state index in [1.165, 1.54) is 6.07 Å². The molecule has 1 fully saturated rings. The van der Waals surface area contributed by atoms with Crippen molar-refractivity contribution in [1.82, 2.24) is 9.97 Å². The molecule has 0 atom stereocenters. The highest BCUT2D eigenvalue weighted by molar-refractivity contribution is 5.33. The van der Waals surface area contributed by atoms with Gasteiger partial charge in [0.25, 0.3) is 5.56 Å². The summed E-state index contributed by atoms with van der Waals surface area (Å²) in [5.74, 6) is 1.94. The average Bonchev–Trinajstić information content (AvgIpc) is 3.12. The molecular formula is C12H19N3O2. The van der Waals surface area contributed by atoms with Crippen LogP contribution in [-0.2, 0) is 0 Å². The molecule has 1 aliphatic rings. The van der Waals surface area contributed by atoms with E-state index in [9.17, 15) is 4.79 Å². The number of H-pyrrole nitrogens is 1. The Morgan fingerprint density at radius 2 is 2.24 bits per heavy atom. The molecule has 1 heterocycles. The van der Waals surface area contributed by atoms with Gasteiger partial charge >= 0.3 is 0 Å². The van der Waals surface area contributed by atoms with Gasteiger partial charge in [0.15, 0.2) is 0 Å². The molecule has 0 aromatic carbocycles. The number of nitrogens with zero attached hydrogens (tertiary/aromatic N) is 1. The Bertz CT molecular complexity index is 412. The Balaban J connectivity index is 1.85. The van der Waals surface area contributed by atoms with Gasteiger partial charge in [-0.25, -0.2) is 4.98 Å². The molecule has 1 aromatic rings. The van der Waals surface area contributed by atoms with Crippen LogP contribution in [0.4, 0.5) is 5.82 Å². The standard InChI is InChI=1S/C12H19N3O2/c16-7-3-1-2-6-13-10-8-11(17)15-12(14-10)9-4-5-9/h8-9,16H,1-7H2,(H2,13,14,15,17). The summed E-state index contributed by atoms with van der Waals surface area (Å²) in [6.07, 6.45) is 5.06. The zero-order valence-corrected chi connectivity index (χ0v) is 9.91. The van der Waals surface area contributed by atoms with Gasteiger partial charge in [-0.2, -0.15) is 0 Å². The van der Waals surface area contributed by atoms with Crippen molar-refractivity contribution >= 4 is 5.82 Å². The summed E-state index contributed by atoms with van der Waals surface area (Å²) in [6, 6.07) is 1.50. The highest BCUT2D eigenvalue weighted by Gasteiger charge is 2.26. The van der Waals surface area contributed by atoms with Gasteiger partial charge in [-0.1, -0.05) is 0 Å². The SMILES string of the molecule is O=c1cc(NCCCCCO)nc(C2CC2)[nH]1. The number of nitrogens with one attached hydrogen (secondary N) is 2. The Hall–Kier alpha value is -1.36. The zero-order valence-electron chi connectivity index (χ0n) is 9.91. The van der Waals surface area contributed by atoms with Crippen molar-refractivity contribution in [1.29, 1.82) is 0 Å². The molecule has 0 amide bonds. The Kier molecular flexibility index (Phi) is 4.14. The van der Waals surface area contributed by atoms with E-state index in [1.807, 2.05) is 0 Å². The first kappa shape index (κ1) is 12.1. The van der Waals surface area contributed by atoms with Gasteiger partial charge in [0.05, 0.1) is 0 Å². The second-order valence-electron chi connectivity index (χ2n) is 4.50. The molecule has 0 spiro atoms. The molecule has 0 saturated heterocycles. The van der Waals surface area contributed by atoms with Crippen LogP contribution >= 0.6 is 0 Å². The van der Waals surface area contributed by atoms with Gasteiger partial charge in [-0.15, -0.1) is 0 Å². The molecule has 17 heavy (non-hydrogen) atoms. The quantitative estimate of drug-likeness (QED) is 0.623. The fourth-order valence-corrected chi connectivity index (χ4v) is 1.75. The molecule has 2 rings (SSSR count). The molecule has 0 bridgehead atoms. The number of hydrogen-bond acceptors (Lipinski definition) is 4. The highest BCUT2D eigenvalue weighted by atomic mass is 16.2. The lowest BCUT2D eigenvalue weighted by molar-refractivity contribution is 0.283. The summed E-state index contributed by atoms with van der Waals surface area (Å²) in [5.41, 5.74) is -0.0836. The van der Waals surface area contributed by atoms with Gasteiger partial charge < -0.3 is 15.4 Å². The summed E-state index contributed by atoms with van der Waals surface area (Å²) in [7, 11) is 0. The molecule has 1 aromatic heterocycles. The number of hydrogen-bond donors (Lipinski definition) is 3. The smallest absolute Gasteiger partial charge is 0.252 e. The average molecular weight is 237 g/mol. The van der Waals surface area contributed by atoms with Gasteiger partial charge in [0.2, 0.25) is 0 Å². The number of unbranched alkanes of at least 4 members (excludes halogenated alkanes) is 2. The number of rotatable bonds is 7. The van der Waals surface area contributed by atoms with Crippen LogP contribution in [0.15, 0.2) is 10.9 Å². The maximum Gasteiger partial charge on any atom is 0.252 e. The summed E-state index contributed by atoms with van der Waals surface area (Å²) < 4.78 is 0. The topological polar surface area (TPSA) is 78.0 Å². The number of aromatic amines is 1. The van der Waals surface area contributed by atoms with Crippen molar-refractivity contribution in [2.45, 2.75) is 38.0 Å². The normalized spacial score (nSPS) is 14.9. The van der Waals surface area contributed by atoms with Crippen LogP contribution in [0.5, 0.6) is 0 Å². The van der Waals surface area contributed by atoms with Crippen LogP contribution in [0.1, 0.15) is 43.8 Å². The third kappa shape index (κ3) is 3.85. The fraction of sp³-hybridized carbons (Fsp3) is 0.667. The predicted molar refractivity (Wildman–Crippen MR) is 66.3 cm³/mol. The third-order valence-corrected chi connectivity index (χ3v) is 2.87. The summed E-state index contributed by atoms with van der Waals surface area (Å²) in [4.78, 5) is 18.6. The number of aliphatic hydroxyl groups excluding tert-OH is 1. The Labute approximate surface area is 100 Å². The molecule has 1 saturated carbocycles. The minimum Gasteiger partial charge on any atom is -0.396 e. The van der Waals surface area contributed by atoms with E-state index in [-0.39, 0.29) is 12.2 Å². The second-order valence-corrected chi connectivity index (χ2v) is 4.50. The van der Waals surface area contributed by atoms with Gasteiger partial charge in [0, 0.05) is 25.1 Å². The Morgan fingerprint density at radius 1 is 1.41 bits per heavy atom. The molecule has 0 unspecified atom stereocenters. The van der Waals surface area contributed by atoms with Crippen molar-refractivity contribution < 1.29 is 5.11 Å². The lowest BCUT2D eigenvalue weighted by Gasteiger charge is -2.06. The van der Waals surface area contributed by atoms with Crippen molar-refractivity contribution in [3.05, 3.63) is 22.2 Å². The van der Waals surface area contributed by atoms with Crippen LogP contribution < -0.4 is 10.9 Å². The maximum absolute atomic E-state index is 11.4. The molecule has 5 heteroatoms. The van der Waals surface area contributed by atoms with E-state index in [1.54, 1.807) is 0 Å². The van der Waals surface area contributed by atoms with E-state index < -0.39 is 0 Å².